The second kappa shape index (κ2) is 6.24. The molecule has 7 heteroatoms. The lowest BCUT2D eigenvalue weighted by atomic mass is 10.3. The minimum atomic E-state index is -1.22. The summed E-state index contributed by atoms with van der Waals surface area (Å²) in [6, 6.07) is 7.79. The summed E-state index contributed by atoms with van der Waals surface area (Å²) < 4.78 is 0. The van der Waals surface area contributed by atoms with Crippen LogP contribution in [0, 0.1) is 0 Å². The first-order valence-corrected chi connectivity index (χ1v) is 5.10. The Hall–Kier alpha value is -2.57. The van der Waals surface area contributed by atoms with Gasteiger partial charge in [-0.05, 0) is 12.1 Å². The zero-order valence-electron chi connectivity index (χ0n) is 9.50. The van der Waals surface area contributed by atoms with E-state index in [1.54, 1.807) is 30.3 Å². The minimum Gasteiger partial charge on any atom is -0.480 e. The molecule has 0 radical (unpaired) electrons. The highest BCUT2D eigenvalue weighted by Gasteiger charge is 2.18. The molecule has 0 saturated carbocycles. The Labute approximate surface area is 103 Å². The van der Waals surface area contributed by atoms with Crippen molar-refractivity contribution in [3.63, 3.8) is 0 Å². The van der Waals surface area contributed by atoms with Crippen molar-refractivity contribution in [3.8, 4) is 0 Å². The number of para-hydroxylation sites is 1. The zero-order valence-corrected chi connectivity index (χ0v) is 9.50. The number of nitrogens with one attached hydrogen (secondary N) is 1. The van der Waals surface area contributed by atoms with Crippen molar-refractivity contribution >= 4 is 23.6 Å². The summed E-state index contributed by atoms with van der Waals surface area (Å²) in [6.07, 6.45) is 0. The van der Waals surface area contributed by atoms with Crippen LogP contribution in [0.25, 0.3) is 0 Å². The summed E-state index contributed by atoms with van der Waals surface area (Å²) in [6.45, 7) is -1.05. The lowest BCUT2D eigenvalue weighted by Crippen LogP contribution is -2.43. The standard InChI is InChI=1S/C11H13N3O4/c12-9(15)6-14(7-10(16)17)11(18)13-8-4-2-1-3-5-8/h1-5H,6-7H2,(H2,12,15)(H,13,18)(H,16,17). The van der Waals surface area contributed by atoms with E-state index in [0.29, 0.717) is 5.69 Å². The van der Waals surface area contributed by atoms with E-state index in [2.05, 4.69) is 5.32 Å². The van der Waals surface area contributed by atoms with E-state index in [1.807, 2.05) is 0 Å². The Morgan fingerprint density at radius 2 is 1.78 bits per heavy atom. The molecule has 0 aliphatic rings. The number of anilines is 1. The lowest BCUT2D eigenvalue weighted by Gasteiger charge is -2.19. The van der Waals surface area contributed by atoms with Gasteiger partial charge in [0.05, 0.1) is 0 Å². The van der Waals surface area contributed by atoms with Crippen molar-refractivity contribution in [2.75, 3.05) is 18.4 Å². The topological polar surface area (TPSA) is 113 Å². The summed E-state index contributed by atoms with van der Waals surface area (Å²) in [7, 11) is 0. The number of amides is 3. The first-order chi connectivity index (χ1) is 8.49. The molecule has 3 amide bonds. The summed E-state index contributed by atoms with van der Waals surface area (Å²) in [4.78, 5) is 33.9. The van der Waals surface area contributed by atoms with Gasteiger partial charge in [0.15, 0.2) is 0 Å². The summed E-state index contributed by atoms with van der Waals surface area (Å²) in [5, 5.41) is 11.1. The number of primary amides is 1. The van der Waals surface area contributed by atoms with Crippen molar-refractivity contribution in [1.82, 2.24) is 4.90 Å². The number of carboxylic acids is 1. The third kappa shape index (κ3) is 4.52. The van der Waals surface area contributed by atoms with Gasteiger partial charge < -0.3 is 21.1 Å². The van der Waals surface area contributed by atoms with Crippen LogP contribution >= 0.6 is 0 Å². The smallest absolute Gasteiger partial charge is 0.323 e. The normalized spacial score (nSPS) is 9.56. The average molecular weight is 251 g/mol. The highest BCUT2D eigenvalue weighted by molar-refractivity contribution is 5.93. The van der Waals surface area contributed by atoms with Gasteiger partial charge in [0.2, 0.25) is 5.91 Å². The number of carboxylic acid groups (broad SMARTS) is 1. The number of nitrogens with zero attached hydrogens (tertiary/aromatic N) is 1. The highest BCUT2D eigenvalue weighted by Crippen LogP contribution is 2.06. The number of hydrogen-bond acceptors (Lipinski definition) is 3. The Balaban J connectivity index is 2.69. The van der Waals surface area contributed by atoms with Crippen LogP contribution in [0.3, 0.4) is 0 Å². The molecule has 0 heterocycles. The number of urea groups is 1. The quantitative estimate of drug-likeness (QED) is 0.688. The number of rotatable bonds is 5. The molecule has 7 nitrogen and oxygen atoms in total. The molecular formula is C11H13N3O4. The van der Waals surface area contributed by atoms with Crippen LogP contribution < -0.4 is 11.1 Å². The molecule has 18 heavy (non-hydrogen) atoms. The largest absolute Gasteiger partial charge is 0.480 e. The maximum atomic E-state index is 11.7. The van der Waals surface area contributed by atoms with Gasteiger partial charge in [0.25, 0.3) is 0 Å². The molecule has 0 saturated heterocycles. The van der Waals surface area contributed by atoms with E-state index >= 15 is 0 Å². The van der Waals surface area contributed by atoms with Gasteiger partial charge >= 0.3 is 12.0 Å². The molecule has 1 rings (SSSR count). The Morgan fingerprint density at radius 1 is 1.17 bits per heavy atom. The van der Waals surface area contributed by atoms with Gasteiger partial charge in [-0.2, -0.15) is 0 Å². The third-order valence-corrected chi connectivity index (χ3v) is 1.99. The summed E-state index contributed by atoms with van der Waals surface area (Å²) in [5.41, 5.74) is 5.45. The second-order valence-electron chi connectivity index (χ2n) is 3.51. The number of carbonyl (C=O) groups is 3. The highest BCUT2D eigenvalue weighted by atomic mass is 16.4. The number of carbonyl (C=O) groups excluding carboxylic acids is 2. The van der Waals surface area contributed by atoms with E-state index in [9.17, 15) is 14.4 Å². The van der Waals surface area contributed by atoms with E-state index < -0.39 is 31.0 Å². The van der Waals surface area contributed by atoms with Crippen LogP contribution in [-0.4, -0.2) is 41.0 Å². The zero-order chi connectivity index (χ0) is 13.5. The number of aliphatic carboxylic acids is 1. The fraction of sp³-hybridized carbons (Fsp3) is 0.182. The molecule has 4 N–H and O–H groups in total. The van der Waals surface area contributed by atoms with Crippen molar-refractivity contribution < 1.29 is 19.5 Å². The molecule has 0 unspecified atom stereocenters. The van der Waals surface area contributed by atoms with Gasteiger partial charge in [0, 0.05) is 5.69 Å². The first-order valence-electron chi connectivity index (χ1n) is 5.10. The van der Waals surface area contributed by atoms with E-state index in [4.69, 9.17) is 10.8 Å². The summed E-state index contributed by atoms with van der Waals surface area (Å²) in [5.74, 6) is -2.00. The Bertz CT molecular complexity index is 431. The molecule has 0 bridgehead atoms. The molecule has 96 valence electrons. The third-order valence-electron chi connectivity index (χ3n) is 1.99. The van der Waals surface area contributed by atoms with Gasteiger partial charge in [-0.25, -0.2) is 4.79 Å². The molecule has 0 aliphatic carbocycles. The van der Waals surface area contributed by atoms with Crippen LogP contribution in [0.5, 0.6) is 0 Å². The Morgan fingerprint density at radius 3 is 2.28 bits per heavy atom. The lowest BCUT2D eigenvalue weighted by molar-refractivity contribution is -0.137. The number of hydrogen-bond donors (Lipinski definition) is 3. The monoisotopic (exact) mass is 251 g/mol. The maximum absolute atomic E-state index is 11.7. The summed E-state index contributed by atoms with van der Waals surface area (Å²) >= 11 is 0. The van der Waals surface area contributed by atoms with Crippen LogP contribution in [0.15, 0.2) is 30.3 Å². The molecule has 0 fully saturated rings. The number of benzene rings is 1. The molecule has 1 aromatic rings. The average Bonchev–Trinajstić information content (AvgIpc) is 2.28. The predicted molar refractivity (Wildman–Crippen MR) is 63.9 cm³/mol. The van der Waals surface area contributed by atoms with Crippen LogP contribution in [0.1, 0.15) is 0 Å². The fourth-order valence-electron chi connectivity index (χ4n) is 1.27. The molecule has 0 spiro atoms. The van der Waals surface area contributed by atoms with Gasteiger partial charge in [-0.3, -0.25) is 9.59 Å². The van der Waals surface area contributed by atoms with Crippen molar-refractivity contribution in [1.29, 1.82) is 0 Å². The fourth-order valence-corrected chi connectivity index (χ4v) is 1.27. The Kier molecular flexibility index (Phi) is 4.67. The van der Waals surface area contributed by atoms with Crippen molar-refractivity contribution in [2.45, 2.75) is 0 Å². The number of nitrogens with two attached hydrogens (primary N) is 1. The van der Waals surface area contributed by atoms with Crippen molar-refractivity contribution in [3.05, 3.63) is 30.3 Å². The molecular weight excluding hydrogens is 238 g/mol. The van der Waals surface area contributed by atoms with Crippen molar-refractivity contribution in [2.24, 2.45) is 5.73 Å². The molecule has 0 aromatic heterocycles. The van der Waals surface area contributed by atoms with E-state index in [-0.39, 0.29) is 0 Å². The van der Waals surface area contributed by atoms with Crippen LogP contribution in [-0.2, 0) is 9.59 Å². The molecule has 0 atom stereocenters. The van der Waals surface area contributed by atoms with Crippen LogP contribution in [0.2, 0.25) is 0 Å². The van der Waals surface area contributed by atoms with Crippen LogP contribution in [0.4, 0.5) is 10.5 Å². The first kappa shape index (κ1) is 13.5. The van der Waals surface area contributed by atoms with Gasteiger partial charge in [0.1, 0.15) is 13.1 Å². The maximum Gasteiger partial charge on any atom is 0.323 e. The predicted octanol–water partition coefficient (Wildman–Crippen LogP) is 0.0904. The second-order valence-corrected chi connectivity index (χ2v) is 3.51. The minimum absolute atomic E-state index is 0.453. The molecule has 1 aromatic carbocycles. The van der Waals surface area contributed by atoms with E-state index in [0.717, 1.165) is 4.90 Å². The van der Waals surface area contributed by atoms with E-state index in [1.165, 1.54) is 0 Å². The van der Waals surface area contributed by atoms with Gasteiger partial charge in [-0.1, -0.05) is 18.2 Å². The molecule has 0 aliphatic heterocycles. The SMILES string of the molecule is NC(=O)CN(CC(=O)O)C(=O)Nc1ccccc1. The van der Waals surface area contributed by atoms with Gasteiger partial charge in [-0.15, -0.1) is 0 Å².